The average Bonchev–Trinajstić information content (AvgIpc) is 1.82. The van der Waals surface area contributed by atoms with Crippen LogP contribution in [0.15, 0.2) is 24.9 Å². The Balaban J connectivity index is 3.51. The van der Waals surface area contributed by atoms with Crippen LogP contribution in [0.25, 0.3) is 0 Å². The van der Waals surface area contributed by atoms with E-state index in [0.29, 0.717) is 6.54 Å². The van der Waals surface area contributed by atoms with Gasteiger partial charge in [0.1, 0.15) is 0 Å². The fraction of sp³-hybridized carbons (Fsp3) is 0.167. The smallest absolute Gasteiger partial charge is 0.266 e. The first kappa shape index (κ1) is 7.75. The minimum atomic E-state index is -0.338. The monoisotopic (exact) mass is 126 g/mol. The van der Waals surface area contributed by atoms with Crippen LogP contribution in [0.3, 0.4) is 0 Å². The minimum absolute atomic E-state index is 0.0249. The molecular weight excluding hydrogens is 116 g/mol. The first-order valence-electron chi connectivity index (χ1n) is 2.52. The number of carbonyl (C=O) groups excluding carboxylic acids is 1. The first-order valence-corrected chi connectivity index (χ1v) is 2.52. The van der Waals surface area contributed by atoms with Gasteiger partial charge in [-0.1, -0.05) is 12.7 Å². The second kappa shape index (κ2) is 3.72. The lowest BCUT2D eigenvalue weighted by atomic mass is 10.4. The lowest BCUT2D eigenvalue weighted by Crippen LogP contribution is -2.27. The van der Waals surface area contributed by atoms with Crippen molar-refractivity contribution in [3.63, 3.8) is 0 Å². The van der Waals surface area contributed by atoms with Gasteiger partial charge in [0.15, 0.2) is 0 Å². The Labute approximate surface area is 54.2 Å². The van der Waals surface area contributed by atoms with Gasteiger partial charge in [-0.15, -0.1) is 6.58 Å². The van der Waals surface area contributed by atoms with Crippen molar-refractivity contribution in [1.29, 1.82) is 0 Å². The van der Waals surface area contributed by atoms with Crippen molar-refractivity contribution in [2.75, 3.05) is 6.54 Å². The van der Waals surface area contributed by atoms with E-state index in [0.717, 1.165) is 0 Å². The minimum Gasteiger partial charge on any atom is -0.395 e. The number of hydrogen-bond acceptors (Lipinski definition) is 2. The van der Waals surface area contributed by atoms with E-state index in [9.17, 15) is 4.79 Å². The van der Waals surface area contributed by atoms with Crippen molar-refractivity contribution < 1.29 is 4.79 Å². The van der Waals surface area contributed by atoms with Gasteiger partial charge in [0, 0.05) is 6.54 Å². The van der Waals surface area contributed by atoms with Crippen LogP contribution in [-0.2, 0) is 4.79 Å². The number of carbonyl (C=O) groups is 1. The van der Waals surface area contributed by atoms with E-state index in [1.807, 2.05) is 0 Å². The summed E-state index contributed by atoms with van der Waals surface area (Å²) in [6, 6.07) is 0. The fourth-order valence-corrected chi connectivity index (χ4v) is 0.278. The highest BCUT2D eigenvalue weighted by atomic mass is 16.1. The molecular formula is C6H10N2O. The largest absolute Gasteiger partial charge is 0.395 e. The second-order valence-corrected chi connectivity index (χ2v) is 1.52. The molecule has 9 heavy (non-hydrogen) atoms. The summed E-state index contributed by atoms with van der Waals surface area (Å²) in [5.41, 5.74) is 5.06. The highest BCUT2D eigenvalue weighted by Crippen LogP contribution is 1.74. The summed E-state index contributed by atoms with van der Waals surface area (Å²) in [5.74, 6) is -0.338. The molecule has 0 aliphatic carbocycles. The molecule has 0 atom stereocenters. The summed E-state index contributed by atoms with van der Waals surface area (Å²) in [5, 5.41) is 2.45. The van der Waals surface area contributed by atoms with Gasteiger partial charge in [-0.25, -0.2) is 0 Å². The van der Waals surface area contributed by atoms with Crippen molar-refractivity contribution in [3.05, 3.63) is 24.9 Å². The molecule has 3 N–H and O–H groups in total. The predicted octanol–water partition coefficient (Wildman–Crippen LogP) is -0.239. The van der Waals surface area contributed by atoms with E-state index < -0.39 is 0 Å². The van der Waals surface area contributed by atoms with Crippen molar-refractivity contribution in [3.8, 4) is 0 Å². The summed E-state index contributed by atoms with van der Waals surface area (Å²) in [4.78, 5) is 10.5. The van der Waals surface area contributed by atoms with E-state index in [2.05, 4.69) is 18.5 Å². The van der Waals surface area contributed by atoms with Crippen LogP contribution in [0.5, 0.6) is 0 Å². The quantitative estimate of drug-likeness (QED) is 0.405. The van der Waals surface area contributed by atoms with Gasteiger partial charge >= 0.3 is 0 Å². The number of nitrogens with one attached hydrogen (secondary N) is 1. The Hall–Kier alpha value is -1.25. The van der Waals surface area contributed by atoms with E-state index in [-0.39, 0.29) is 11.6 Å². The van der Waals surface area contributed by atoms with Gasteiger partial charge < -0.3 is 11.1 Å². The molecule has 0 aliphatic heterocycles. The van der Waals surface area contributed by atoms with Crippen LogP contribution in [0.1, 0.15) is 0 Å². The van der Waals surface area contributed by atoms with Crippen LogP contribution in [-0.4, -0.2) is 12.5 Å². The molecule has 0 aromatic rings. The molecule has 0 saturated carbocycles. The third-order valence-corrected chi connectivity index (χ3v) is 0.699. The molecule has 0 rings (SSSR count). The number of rotatable bonds is 3. The van der Waals surface area contributed by atoms with Crippen LogP contribution >= 0.6 is 0 Å². The first-order chi connectivity index (χ1) is 4.18. The predicted molar refractivity (Wildman–Crippen MR) is 36.5 cm³/mol. The fourth-order valence-electron chi connectivity index (χ4n) is 0.278. The Morgan fingerprint density at radius 3 is 2.67 bits per heavy atom. The van der Waals surface area contributed by atoms with Gasteiger partial charge in [0.05, 0.1) is 5.70 Å². The van der Waals surface area contributed by atoms with Crippen LogP contribution < -0.4 is 11.1 Å². The van der Waals surface area contributed by atoms with Gasteiger partial charge in [-0.05, 0) is 0 Å². The maximum Gasteiger partial charge on any atom is 0.266 e. The molecule has 0 spiro atoms. The van der Waals surface area contributed by atoms with E-state index in [1.165, 1.54) is 0 Å². The summed E-state index contributed by atoms with van der Waals surface area (Å²) in [7, 11) is 0. The van der Waals surface area contributed by atoms with Crippen LogP contribution in [0, 0.1) is 0 Å². The van der Waals surface area contributed by atoms with E-state index in [4.69, 9.17) is 5.73 Å². The molecule has 0 unspecified atom stereocenters. The molecule has 3 nitrogen and oxygen atoms in total. The standard InChI is InChI=1S/C6H10N2O/c1-3-4-8-6(9)5(2)7/h3H,1-2,4,7H2,(H,8,9). The van der Waals surface area contributed by atoms with E-state index >= 15 is 0 Å². The highest BCUT2D eigenvalue weighted by molar-refractivity contribution is 5.91. The van der Waals surface area contributed by atoms with Crippen LogP contribution in [0.4, 0.5) is 0 Å². The maximum atomic E-state index is 10.5. The Morgan fingerprint density at radius 2 is 2.33 bits per heavy atom. The molecule has 0 aromatic heterocycles. The molecule has 0 saturated heterocycles. The van der Waals surface area contributed by atoms with Crippen molar-refractivity contribution in [2.45, 2.75) is 0 Å². The second-order valence-electron chi connectivity index (χ2n) is 1.52. The Bertz CT molecular complexity index is 140. The van der Waals surface area contributed by atoms with Crippen molar-refractivity contribution in [2.24, 2.45) is 5.73 Å². The summed E-state index contributed by atoms with van der Waals surface area (Å²) >= 11 is 0. The van der Waals surface area contributed by atoms with Crippen molar-refractivity contribution in [1.82, 2.24) is 5.32 Å². The molecule has 3 heteroatoms. The Kier molecular flexibility index (Phi) is 3.20. The molecule has 0 radical (unpaired) electrons. The summed E-state index contributed by atoms with van der Waals surface area (Å²) in [6.45, 7) is 7.07. The summed E-state index contributed by atoms with van der Waals surface area (Å²) in [6.07, 6.45) is 1.57. The molecule has 1 amide bonds. The van der Waals surface area contributed by atoms with Gasteiger partial charge in [-0.3, -0.25) is 4.79 Å². The maximum absolute atomic E-state index is 10.5. The zero-order valence-corrected chi connectivity index (χ0v) is 5.18. The number of hydrogen-bond donors (Lipinski definition) is 2. The molecule has 0 aromatic carbocycles. The number of nitrogens with two attached hydrogens (primary N) is 1. The molecule has 50 valence electrons. The van der Waals surface area contributed by atoms with Gasteiger partial charge in [0.25, 0.3) is 5.91 Å². The Morgan fingerprint density at radius 1 is 1.78 bits per heavy atom. The van der Waals surface area contributed by atoms with E-state index in [1.54, 1.807) is 6.08 Å². The third-order valence-electron chi connectivity index (χ3n) is 0.699. The zero-order chi connectivity index (χ0) is 7.28. The molecule has 0 fully saturated rings. The number of amides is 1. The zero-order valence-electron chi connectivity index (χ0n) is 5.18. The normalized spacial score (nSPS) is 8.00. The van der Waals surface area contributed by atoms with Crippen molar-refractivity contribution >= 4 is 5.91 Å². The lowest BCUT2D eigenvalue weighted by Gasteiger charge is -1.97. The van der Waals surface area contributed by atoms with Gasteiger partial charge in [0.2, 0.25) is 0 Å². The SMILES string of the molecule is C=CCNC(=O)C(=C)N. The highest BCUT2D eigenvalue weighted by Gasteiger charge is 1.96. The topological polar surface area (TPSA) is 55.1 Å². The summed E-state index contributed by atoms with van der Waals surface area (Å²) < 4.78 is 0. The average molecular weight is 126 g/mol. The van der Waals surface area contributed by atoms with Crippen LogP contribution in [0.2, 0.25) is 0 Å². The lowest BCUT2D eigenvalue weighted by molar-refractivity contribution is -0.117. The molecule has 0 aliphatic rings. The van der Waals surface area contributed by atoms with Gasteiger partial charge in [-0.2, -0.15) is 0 Å². The molecule has 0 bridgehead atoms. The molecule has 0 heterocycles. The third kappa shape index (κ3) is 3.34.